The molecule has 4 nitrogen and oxygen atoms in total. The Labute approximate surface area is 119 Å². The largest absolute Gasteiger partial charge is 0.338 e. The lowest BCUT2D eigenvalue weighted by molar-refractivity contribution is -0.128. The molecule has 6 heteroatoms. The average molecular weight is 295 g/mol. The van der Waals surface area contributed by atoms with Crippen molar-refractivity contribution < 1.29 is 9.59 Å². The topological polar surface area (TPSA) is 40.6 Å². The van der Waals surface area contributed by atoms with Crippen molar-refractivity contribution in [2.24, 2.45) is 0 Å². The molecule has 0 bridgehead atoms. The third-order valence-electron chi connectivity index (χ3n) is 2.67. The molecule has 0 aromatic heterocycles. The van der Waals surface area contributed by atoms with Crippen LogP contribution in [0.3, 0.4) is 0 Å². The molecule has 0 rings (SSSR count). The van der Waals surface area contributed by atoms with Crippen LogP contribution in [-0.4, -0.2) is 47.8 Å². The summed E-state index contributed by atoms with van der Waals surface area (Å²) in [5.74, 6) is -0.820. The first-order valence-corrected chi connectivity index (χ1v) is 6.83. The Morgan fingerprint density at radius 2 is 0.944 bits per heavy atom. The Bertz CT molecular complexity index is 303. The third kappa shape index (κ3) is 4.18. The van der Waals surface area contributed by atoms with Crippen molar-refractivity contribution in [1.29, 1.82) is 0 Å². The Morgan fingerprint density at radius 3 is 1.11 bits per heavy atom. The van der Waals surface area contributed by atoms with Gasteiger partial charge >= 0.3 is 0 Å². The van der Waals surface area contributed by atoms with Gasteiger partial charge in [0.25, 0.3) is 11.8 Å². The van der Waals surface area contributed by atoms with Crippen molar-refractivity contribution in [3.05, 3.63) is 10.1 Å². The fourth-order valence-electron chi connectivity index (χ4n) is 1.49. The number of amides is 2. The zero-order valence-corrected chi connectivity index (χ0v) is 12.8. The molecule has 0 saturated heterocycles. The molecule has 0 fully saturated rings. The second kappa shape index (κ2) is 8.38. The van der Waals surface area contributed by atoms with Crippen LogP contribution in [0, 0.1) is 0 Å². The lowest BCUT2D eigenvalue weighted by Gasteiger charge is -2.21. The van der Waals surface area contributed by atoms with Crippen LogP contribution in [0.2, 0.25) is 0 Å². The van der Waals surface area contributed by atoms with Gasteiger partial charge in [-0.25, -0.2) is 0 Å². The van der Waals surface area contributed by atoms with Gasteiger partial charge in [-0.2, -0.15) is 0 Å². The van der Waals surface area contributed by atoms with Gasteiger partial charge in [0.1, 0.15) is 10.1 Å². The maximum Gasteiger partial charge on any atom is 0.267 e. The Morgan fingerprint density at radius 1 is 0.722 bits per heavy atom. The molecule has 0 aliphatic carbocycles. The summed E-state index contributed by atoms with van der Waals surface area (Å²) in [5, 5.41) is -0.422. The fourth-order valence-corrected chi connectivity index (χ4v) is 1.89. The van der Waals surface area contributed by atoms with E-state index in [1.807, 2.05) is 27.7 Å². The Hall–Kier alpha value is -0.740. The summed E-state index contributed by atoms with van der Waals surface area (Å²) in [6.45, 7) is 9.45. The quantitative estimate of drug-likeness (QED) is 0.706. The summed E-state index contributed by atoms with van der Waals surface area (Å²) in [5.41, 5.74) is 0. The highest BCUT2D eigenvalue weighted by Gasteiger charge is 2.23. The molecule has 0 heterocycles. The zero-order chi connectivity index (χ0) is 14.3. The molecular formula is C12H20Cl2N2O2. The minimum absolute atomic E-state index is 0.211. The van der Waals surface area contributed by atoms with Crippen LogP contribution in [0.25, 0.3) is 0 Å². The van der Waals surface area contributed by atoms with E-state index < -0.39 is 11.8 Å². The number of hydrogen-bond acceptors (Lipinski definition) is 2. The monoisotopic (exact) mass is 294 g/mol. The number of likely N-dealkylation sites (N-methyl/N-ethyl adjacent to an activating group) is 2. The summed E-state index contributed by atoms with van der Waals surface area (Å²) >= 11 is 11.8. The third-order valence-corrected chi connectivity index (χ3v) is 3.47. The van der Waals surface area contributed by atoms with Crippen molar-refractivity contribution in [2.45, 2.75) is 27.7 Å². The molecule has 0 atom stereocenters. The van der Waals surface area contributed by atoms with E-state index in [2.05, 4.69) is 0 Å². The minimum atomic E-state index is -0.410. The van der Waals surface area contributed by atoms with E-state index in [0.717, 1.165) is 0 Å². The molecule has 0 aliphatic rings. The first kappa shape index (κ1) is 17.3. The number of halogens is 2. The number of carbonyl (C=O) groups is 2. The highest BCUT2D eigenvalue weighted by molar-refractivity contribution is 6.53. The van der Waals surface area contributed by atoms with E-state index in [9.17, 15) is 9.59 Å². The van der Waals surface area contributed by atoms with E-state index in [1.165, 1.54) is 9.80 Å². The van der Waals surface area contributed by atoms with Crippen molar-refractivity contribution in [1.82, 2.24) is 9.80 Å². The van der Waals surface area contributed by atoms with Gasteiger partial charge in [0.15, 0.2) is 0 Å². The maximum atomic E-state index is 11.9. The molecule has 0 unspecified atom stereocenters. The van der Waals surface area contributed by atoms with E-state index in [1.54, 1.807) is 0 Å². The molecule has 18 heavy (non-hydrogen) atoms. The molecule has 104 valence electrons. The van der Waals surface area contributed by atoms with Crippen molar-refractivity contribution >= 4 is 35.0 Å². The van der Waals surface area contributed by atoms with Crippen molar-refractivity contribution in [2.75, 3.05) is 26.2 Å². The minimum Gasteiger partial charge on any atom is -0.338 e. The van der Waals surface area contributed by atoms with Gasteiger partial charge in [0.2, 0.25) is 0 Å². The summed E-state index contributed by atoms with van der Waals surface area (Å²) < 4.78 is 0. The van der Waals surface area contributed by atoms with Crippen LogP contribution in [0.5, 0.6) is 0 Å². The molecule has 2 amide bonds. The number of nitrogens with zero attached hydrogens (tertiary/aromatic N) is 2. The predicted molar refractivity (Wildman–Crippen MR) is 74.6 cm³/mol. The molecule has 0 aliphatic heterocycles. The van der Waals surface area contributed by atoms with Gasteiger partial charge < -0.3 is 9.80 Å². The van der Waals surface area contributed by atoms with Crippen LogP contribution < -0.4 is 0 Å². The van der Waals surface area contributed by atoms with Crippen molar-refractivity contribution in [3.8, 4) is 0 Å². The summed E-state index contributed by atoms with van der Waals surface area (Å²) in [6.07, 6.45) is 0. The zero-order valence-electron chi connectivity index (χ0n) is 11.3. The first-order valence-electron chi connectivity index (χ1n) is 6.08. The van der Waals surface area contributed by atoms with Gasteiger partial charge in [0, 0.05) is 26.2 Å². The molecule has 0 aromatic rings. The van der Waals surface area contributed by atoms with E-state index >= 15 is 0 Å². The maximum absolute atomic E-state index is 11.9. The van der Waals surface area contributed by atoms with Gasteiger partial charge in [-0.05, 0) is 27.7 Å². The second-order valence-corrected chi connectivity index (χ2v) is 4.34. The lowest BCUT2D eigenvalue weighted by Crippen LogP contribution is -2.34. The Kier molecular flexibility index (Phi) is 8.03. The van der Waals surface area contributed by atoms with Crippen LogP contribution in [-0.2, 0) is 9.59 Å². The van der Waals surface area contributed by atoms with Gasteiger partial charge in [-0.1, -0.05) is 23.2 Å². The van der Waals surface area contributed by atoms with Crippen LogP contribution in [0.15, 0.2) is 10.1 Å². The normalized spacial score (nSPS) is 11.9. The summed E-state index contributed by atoms with van der Waals surface area (Å²) in [4.78, 5) is 26.9. The number of hydrogen-bond donors (Lipinski definition) is 0. The van der Waals surface area contributed by atoms with Gasteiger partial charge in [-0.3, -0.25) is 9.59 Å². The Balaban J connectivity index is 5.11. The van der Waals surface area contributed by atoms with Gasteiger partial charge in [-0.15, -0.1) is 0 Å². The standard InChI is InChI=1S/C12H20Cl2N2O2/c1-5-15(6-2)11(17)9(13)10(14)12(18)16(7-3)8-4/h5-8H2,1-4H3. The fraction of sp³-hybridized carbons (Fsp3) is 0.667. The highest BCUT2D eigenvalue weighted by Crippen LogP contribution is 2.19. The number of rotatable bonds is 6. The molecule has 0 spiro atoms. The van der Waals surface area contributed by atoms with Crippen LogP contribution in [0.4, 0.5) is 0 Å². The van der Waals surface area contributed by atoms with Crippen molar-refractivity contribution in [3.63, 3.8) is 0 Å². The predicted octanol–water partition coefficient (Wildman–Crippen LogP) is 2.41. The van der Waals surface area contributed by atoms with Crippen LogP contribution >= 0.6 is 23.2 Å². The molecule has 0 radical (unpaired) electrons. The molecular weight excluding hydrogens is 275 g/mol. The van der Waals surface area contributed by atoms with E-state index in [-0.39, 0.29) is 10.1 Å². The smallest absolute Gasteiger partial charge is 0.267 e. The lowest BCUT2D eigenvalue weighted by atomic mass is 10.3. The summed E-state index contributed by atoms with van der Waals surface area (Å²) in [7, 11) is 0. The molecule has 0 saturated carbocycles. The molecule has 0 aromatic carbocycles. The second-order valence-electron chi connectivity index (χ2n) is 3.58. The average Bonchev–Trinajstić information content (AvgIpc) is 2.39. The van der Waals surface area contributed by atoms with Crippen LogP contribution in [0.1, 0.15) is 27.7 Å². The first-order chi connectivity index (χ1) is 8.44. The van der Waals surface area contributed by atoms with Gasteiger partial charge in [0.05, 0.1) is 0 Å². The SMILES string of the molecule is CCN(CC)C(=O)C(Cl)=C(Cl)C(=O)N(CC)CC. The van der Waals surface area contributed by atoms with E-state index in [4.69, 9.17) is 23.2 Å². The molecule has 0 N–H and O–H groups in total. The highest BCUT2D eigenvalue weighted by atomic mass is 35.5. The summed E-state index contributed by atoms with van der Waals surface area (Å²) in [6, 6.07) is 0. The number of carbonyl (C=O) groups excluding carboxylic acids is 2. The van der Waals surface area contributed by atoms with E-state index in [0.29, 0.717) is 26.2 Å².